The zero-order chi connectivity index (χ0) is 20.4. The maximum Gasteiger partial charge on any atom is 0.240 e. The van der Waals surface area contributed by atoms with Crippen LogP contribution >= 0.6 is 0 Å². The molecular formula is C19H32N4O3S2. The average molecular weight is 429 g/mol. The van der Waals surface area contributed by atoms with E-state index in [1.807, 2.05) is 13.8 Å². The van der Waals surface area contributed by atoms with Gasteiger partial charge in [-0.05, 0) is 38.3 Å². The molecule has 1 aromatic rings. The van der Waals surface area contributed by atoms with E-state index in [-0.39, 0.29) is 22.7 Å². The van der Waals surface area contributed by atoms with Gasteiger partial charge in [-0.1, -0.05) is 31.5 Å². The summed E-state index contributed by atoms with van der Waals surface area (Å²) in [5.41, 5.74) is 0. The summed E-state index contributed by atoms with van der Waals surface area (Å²) < 4.78 is 39.1. The molecule has 0 amide bonds. The molecule has 0 radical (unpaired) electrons. The van der Waals surface area contributed by atoms with Gasteiger partial charge >= 0.3 is 0 Å². The molecular weight excluding hydrogens is 396 g/mol. The van der Waals surface area contributed by atoms with Crippen molar-refractivity contribution in [3.05, 3.63) is 30.3 Å². The van der Waals surface area contributed by atoms with Crippen LogP contribution in [0.2, 0.25) is 0 Å². The van der Waals surface area contributed by atoms with Crippen LogP contribution in [-0.2, 0) is 20.8 Å². The van der Waals surface area contributed by atoms with Gasteiger partial charge in [0.25, 0.3) is 0 Å². The fourth-order valence-electron chi connectivity index (χ4n) is 3.29. The van der Waals surface area contributed by atoms with E-state index < -0.39 is 20.8 Å². The van der Waals surface area contributed by atoms with Gasteiger partial charge < -0.3 is 10.6 Å². The highest BCUT2D eigenvalue weighted by atomic mass is 32.2. The maximum absolute atomic E-state index is 12.2. The number of nitrogens with one attached hydrogen (secondary N) is 3. The number of aliphatic imine (C=N–C) groups is 1. The Morgan fingerprint density at radius 3 is 2.64 bits per heavy atom. The Hall–Kier alpha value is -1.45. The summed E-state index contributed by atoms with van der Waals surface area (Å²) in [6.45, 7) is 5.23. The molecule has 1 aliphatic rings. The highest BCUT2D eigenvalue weighted by Crippen LogP contribution is 2.22. The zero-order valence-corrected chi connectivity index (χ0v) is 18.3. The van der Waals surface area contributed by atoms with Gasteiger partial charge in [0.05, 0.1) is 11.4 Å². The summed E-state index contributed by atoms with van der Waals surface area (Å²) in [4.78, 5) is 4.74. The van der Waals surface area contributed by atoms with Gasteiger partial charge in [0.15, 0.2) is 5.96 Å². The number of sulfonamides is 1. The van der Waals surface area contributed by atoms with Crippen molar-refractivity contribution in [2.75, 3.05) is 25.4 Å². The fraction of sp³-hybridized carbons (Fsp3) is 0.632. The lowest BCUT2D eigenvalue weighted by molar-refractivity contribution is 0.413. The Balaban J connectivity index is 1.87. The molecule has 3 atom stereocenters. The molecule has 9 heteroatoms. The van der Waals surface area contributed by atoms with Crippen molar-refractivity contribution in [2.24, 2.45) is 4.99 Å². The monoisotopic (exact) mass is 428 g/mol. The number of benzene rings is 1. The normalized spacial score (nSPS) is 21.9. The second kappa shape index (κ2) is 11.5. The van der Waals surface area contributed by atoms with Gasteiger partial charge in [-0.2, -0.15) is 0 Å². The molecule has 1 fully saturated rings. The summed E-state index contributed by atoms with van der Waals surface area (Å²) in [5, 5.41) is 6.87. The molecule has 3 N–H and O–H groups in total. The van der Waals surface area contributed by atoms with Crippen molar-refractivity contribution in [3.63, 3.8) is 0 Å². The Morgan fingerprint density at radius 1 is 1.21 bits per heavy atom. The van der Waals surface area contributed by atoms with Crippen molar-refractivity contribution in [1.29, 1.82) is 0 Å². The largest absolute Gasteiger partial charge is 0.357 e. The summed E-state index contributed by atoms with van der Waals surface area (Å²) >= 11 is 0. The SMILES string of the molecule is CCNC(=NCCNS(=O)(=O)c1ccccc1)NC1CCCC(S(=O)CC)C1. The number of guanidine groups is 1. The first-order chi connectivity index (χ1) is 13.5. The van der Waals surface area contributed by atoms with Crippen LogP contribution in [0.4, 0.5) is 0 Å². The van der Waals surface area contributed by atoms with Gasteiger partial charge in [0, 0.05) is 40.9 Å². The van der Waals surface area contributed by atoms with E-state index in [1.165, 1.54) is 0 Å². The van der Waals surface area contributed by atoms with Crippen molar-refractivity contribution < 1.29 is 12.6 Å². The molecule has 2 rings (SSSR count). The van der Waals surface area contributed by atoms with Crippen LogP contribution in [0.25, 0.3) is 0 Å². The van der Waals surface area contributed by atoms with Crippen LogP contribution < -0.4 is 15.4 Å². The van der Waals surface area contributed by atoms with E-state index in [9.17, 15) is 12.6 Å². The highest BCUT2D eigenvalue weighted by molar-refractivity contribution is 7.89. The number of nitrogens with zero attached hydrogens (tertiary/aromatic N) is 1. The standard InChI is InChI=1S/C19H32N4O3S2/c1-3-20-19(23-16-9-8-10-17(15-16)27(24)4-2)21-13-14-22-28(25,26)18-11-6-5-7-12-18/h5-7,11-12,16-17,22H,3-4,8-10,13-15H2,1-2H3,(H2,20,21,23). The molecule has 0 aromatic heterocycles. The van der Waals surface area contributed by atoms with Gasteiger partial charge in [-0.15, -0.1) is 0 Å². The lowest BCUT2D eigenvalue weighted by atomic mass is 9.95. The molecule has 0 saturated heterocycles. The molecule has 1 aliphatic carbocycles. The minimum absolute atomic E-state index is 0.223. The third-order valence-electron chi connectivity index (χ3n) is 4.69. The van der Waals surface area contributed by atoms with Crippen molar-refractivity contribution in [1.82, 2.24) is 15.4 Å². The minimum atomic E-state index is -3.51. The quantitative estimate of drug-likeness (QED) is 0.315. The van der Waals surface area contributed by atoms with E-state index in [0.717, 1.165) is 32.2 Å². The summed E-state index contributed by atoms with van der Waals surface area (Å²) in [6, 6.07) is 8.55. The number of hydrogen-bond donors (Lipinski definition) is 3. The Bertz CT molecular complexity index is 754. The van der Waals surface area contributed by atoms with Crippen LogP contribution in [0.5, 0.6) is 0 Å². The molecule has 28 heavy (non-hydrogen) atoms. The molecule has 1 saturated carbocycles. The fourth-order valence-corrected chi connectivity index (χ4v) is 5.68. The van der Waals surface area contributed by atoms with Crippen LogP contribution in [0, 0.1) is 0 Å². The van der Waals surface area contributed by atoms with Crippen molar-refractivity contribution in [2.45, 2.75) is 55.7 Å². The molecule has 0 heterocycles. The second-order valence-corrected chi connectivity index (χ2v) is 10.5. The van der Waals surface area contributed by atoms with Crippen LogP contribution in [-0.4, -0.2) is 55.3 Å². The average Bonchev–Trinajstić information content (AvgIpc) is 2.71. The first-order valence-corrected chi connectivity index (χ1v) is 12.8. The van der Waals surface area contributed by atoms with Crippen molar-refractivity contribution >= 4 is 26.8 Å². The van der Waals surface area contributed by atoms with Gasteiger partial charge in [0.2, 0.25) is 10.0 Å². The minimum Gasteiger partial charge on any atom is -0.357 e. The molecule has 7 nitrogen and oxygen atoms in total. The highest BCUT2D eigenvalue weighted by Gasteiger charge is 2.26. The van der Waals surface area contributed by atoms with Crippen LogP contribution in [0.3, 0.4) is 0 Å². The smallest absolute Gasteiger partial charge is 0.240 e. The molecule has 3 unspecified atom stereocenters. The Labute approximate surface area is 171 Å². The van der Waals surface area contributed by atoms with E-state index in [0.29, 0.717) is 18.3 Å². The summed E-state index contributed by atoms with van der Waals surface area (Å²) in [5.74, 6) is 1.38. The molecule has 158 valence electrons. The predicted octanol–water partition coefficient (Wildman–Crippen LogP) is 1.60. The van der Waals surface area contributed by atoms with E-state index in [4.69, 9.17) is 0 Å². The van der Waals surface area contributed by atoms with Crippen molar-refractivity contribution in [3.8, 4) is 0 Å². The van der Waals surface area contributed by atoms with Gasteiger partial charge in [0.1, 0.15) is 0 Å². The van der Waals surface area contributed by atoms with E-state index >= 15 is 0 Å². The molecule has 0 aliphatic heterocycles. The Kier molecular flexibility index (Phi) is 9.40. The first kappa shape index (κ1) is 22.8. The summed E-state index contributed by atoms with van der Waals surface area (Å²) in [7, 11) is -4.28. The topological polar surface area (TPSA) is 99.7 Å². The zero-order valence-electron chi connectivity index (χ0n) is 16.7. The van der Waals surface area contributed by atoms with E-state index in [1.54, 1.807) is 30.3 Å². The predicted molar refractivity (Wildman–Crippen MR) is 115 cm³/mol. The maximum atomic E-state index is 12.2. The lowest BCUT2D eigenvalue weighted by Crippen LogP contribution is -2.47. The first-order valence-electron chi connectivity index (χ1n) is 9.93. The van der Waals surface area contributed by atoms with E-state index in [2.05, 4.69) is 20.3 Å². The van der Waals surface area contributed by atoms with Crippen LogP contribution in [0.1, 0.15) is 39.5 Å². The molecule has 1 aromatic carbocycles. The van der Waals surface area contributed by atoms with Gasteiger partial charge in [-0.25, -0.2) is 13.1 Å². The second-order valence-electron chi connectivity index (χ2n) is 6.77. The molecule has 0 spiro atoms. The van der Waals surface area contributed by atoms with Crippen LogP contribution in [0.15, 0.2) is 40.2 Å². The summed E-state index contributed by atoms with van der Waals surface area (Å²) in [6.07, 6.45) is 3.99. The van der Waals surface area contributed by atoms with Gasteiger partial charge in [-0.3, -0.25) is 9.20 Å². The molecule has 0 bridgehead atoms. The third-order valence-corrected chi connectivity index (χ3v) is 7.91. The number of hydrogen-bond acceptors (Lipinski definition) is 4. The number of rotatable bonds is 9. The lowest BCUT2D eigenvalue weighted by Gasteiger charge is -2.30. The third kappa shape index (κ3) is 7.18. The Morgan fingerprint density at radius 2 is 1.96 bits per heavy atom.